The van der Waals surface area contributed by atoms with Gasteiger partial charge in [0.25, 0.3) is 5.56 Å². The lowest BCUT2D eigenvalue weighted by molar-refractivity contribution is 0.560. The second-order valence-corrected chi connectivity index (χ2v) is 6.35. The molecule has 106 valence electrons. The van der Waals surface area contributed by atoms with Crippen LogP contribution in [0.3, 0.4) is 0 Å². The molecule has 3 aromatic rings. The van der Waals surface area contributed by atoms with E-state index in [2.05, 4.69) is 4.98 Å². The van der Waals surface area contributed by atoms with E-state index in [9.17, 15) is 17.6 Å². The zero-order valence-corrected chi connectivity index (χ0v) is 11.5. The van der Waals surface area contributed by atoms with Crippen molar-refractivity contribution in [2.45, 2.75) is 9.79 Å². The number of hydrogen-bond acceptors (Lipinski definition) is 3. The van der Waals surface area contributed by atoms with Gasteiger partial charge >= 0.3 is 0 Å². The van der Waals surface area contributed by atoms with Crippen molar-refractivity contribution < 1.29 is 12.8 Å². The van der Waals surface area contributed by atoms with Crippen LogP contribution >= 0.6 is 0 Å². The van der Waals surface area contributed by atoms with E-state index in [4.69, 9.17) is 0 Å². The molecule has 0 saturated carbocycles. The molecule has 1 heterocycles. The van der Waals surface area contributed by atoms with Crippen molar-refractivity contribution >= 4 is 20.7 Å². The van der Waals surface area contributed by atoms with Crippen LogP contribution in [0.15, 0.2) is 69.2 Å². The maximum absolute atomic E-state index is 14.2. The Labute approximate surface area is 119 Å². The van der Waals surface area contributed by atoms with Crippen LogP contribution in [0.1, 0.15) is 0 Å². The Hall–Kier alpha value is -2.47. The molecule has 1 N–H and O–H groups in total. The predicted octanol–water partition coefficient (Wildman–Crippen LogP) is 2.50. The van der Waals surface area contributed by atoms with Gasteiger partial charge in [-0.1, -0.05) is 36.4 Å². The topological polar surface area (TPSA) is 67.0 Å². The number of aromatic amines is 1. The number of nitrogens with one attached hydrogen (secondary N) is 1. The number of halogens is 1. The van der Waals surface area contributed by atoms with Crippen molar-refractivity contribution in [3.8, 4) is 0 Å². The first-order chi connectivity index (χ1) is 10.0. The molecule has 0 spiro atoms. The molecular formula is C15H10FNO3S. The summed E-state index contributed by atoms with van der Waals surface area (Å²) >= 11 is 0. The van der Waals surface area contributed by atoms with Crippen molar-refractivity contribution in [1.29, 1.82) is 0 Å². The molecule has 0 saturated heterocycles. The van der Waals surface area contributed by atoms with Crippen molar-refractivity contribution in [3.05, 3.63) is 70.8 Å². The summed E-state index contributed by atoms with van der Waals surface area (Å²) in [6, 6.07) is 13.7. The minimum atomic E-state index is -4.11. The van der Waals surface area contributed by atoms with Gasteiger partial charge in [0.2, 0.25) is 15.7 Å². The quantitative estimate of drug-likeness (QED) is 0.791. The van der Waals surface area contributed by atoms with Crippen molar-refractivity contribution in [2.24, 2.45) is 0 Å². The van der Waals surface area contributed by atoms with E-state index in [0.717, 1.165) is 0 Å². The average molecular weight is 303 g/mol. The van der Waals surface area contributed by atoms with Crippen LogP contribution in [0.25, 0.3) is 10.9 Å². The van der Waals surface area contributed by atoms with Crippen LogP contribution in [-0.2, 0) is 9.84 Å². The first kappa shape index (κ1) is 13.5. The maximum atomic E-state index is 14.2. The zero-order valence-electron chi connectivity index (χ0n) is 10.7. The summed E-state index contributed by atoms with van der Waals surface area (Å²) in [6.07, 6.45) is 0. The van der Waals surface area contributed by atoms with Gasteiger partial charge in [0.05, 0.1) is 4.90 Å². The van der Waals surface area contributed by atoms with Gasteiger partial charge in [0.1, 0.15) is 4.90 Å². The van der Waals surface area contributed by atoms with Gasteiger partial charge in [-0.05, 0) is 18.2 Å². The van der Waals surface area contributed by atoms with Gasteiger partial charge in [-0.15, -0.1) is 0 Å². The van der Waals surface area contributed by atoms with Crippen LogP contribution in [0.4, 0.5) is 4.39 Å². The Balaban J connectivity index is 2.45. The molecule has 0 atom stereocenters. The highest BCUT2D eigenvalue weighted by Crippen LogP contribution is 2.27. The largest absolute Gasteiger partial charge is 0.319 e. The van der Waals surface area contributed by atoms with Gasteiger partial charge in [0.15, 0.2) is 0 Å². The fraction of sp³-hybridized carbons (Fsp3) is 0. The molecule has 3 rings (SSSR count). The highest BCUT2D eigenvalue weighted by atomic mass is 32.2. The SMILES string of the molecule is O=c1[nH]c2ccccc2c(S(=O)(=O)c2ccccc2)c1F. The van der Waals surface area contributed by atoms with E-state index >= 15 is 0 Å². The van der Waals surface area contributed by atoms with E-state index in [1.165, 1.54) is 24.3 Å². The Bertz CT molecular complexity index is 979. The second kappa shape index (κ2) is 4.82. The third-order valence-electron chi connectivity index (χ3n) is 3.14. The maximum Gasteiger partial charge on any atom is 0.285 e. The third kappa shape index (κ3) is 2.13. The minimum absolute atomic E-state index is 0.0559. The van der Waals surface area contributed by atoms with Gasteiger partial charge < -0.3 is 4.98 Å². The molecule has 0 bridgehead atoms. The minimum Gasteiger partial charge on any atom is -0.319 e. The standard InChI is InChI=1S/C15H10FNO3S/c16-13-14(21(19,20)10-6-2-1-3-7-10)11-8-4-5-9-12(11)17-15(13)18/h1-9H,(H,17,18). The molecule has 0 fully saturated rings. The van der Waals surface area contributed by atoms with E-state index < -0.39 is 26.1 Å². The number of H-pyrrole nitrogens is 1. The first-order valence-corrected chi connectivity index (χ1v) is 7.61. The predicted molar refractivity (Wildman–Crippen MR) is 76.4 cm³/mol. The van der Waals surface area contributed by atoms with Gasteiger partial charge in [-0.25, -0.2) is 8.42 Å². The van der Waals surface area contributed by atoms with E-state index in [-0.39, 0.29) is 15.8 Å². The van der Waals surface area contributed by atoms with E-state index in [1.807, 2.05) is 0 Å². The molecule has 0 amide bonds. The fourth-order valence-electron chi connectivity index (χ4n) is 2.17. The molecule has 0 aliphatic rings. The average Bonchev–Trinajstić information content (AvgIpc) is 2.49. The number of sulfone groups is 1. The molecule has 0 aliphatic heterocycles. The Kier molecular flexibility index (Phi) is 3.10. The summed E-state index contributed by atoms with van der Waals surface area (Å²) in [5.41, 5.74) is -0.776. The first-order valence-electron chi connectivity index (χ1n) is 6.12. The molecule has 0 aliphatic carbocycles. The lowest BCUT2D eigenvalue weighted by Gasteiger charge is -2.09. The highest BCUT2D eigenvalue weighted by molar-refractivity contribution is 7.91. The number of para-hydroxylation sites is 1. The summed E-state index contributed by atoms with van der Waals surface area (Å²) in [4.78, 5) is 13.3. The summed E-state index contributed by atoms with van der Waals surface area (Å²) in [6.45, 7) is 0. The smallest absolute Gasteiger partial charge is 0.285 e. The van der Waals surface area contributed by atoms with Crippen molar-refractivity contribution in [1.82, 2.24) is 4.98 Å². The monoisotopic (exact) mass is 303 g/mol. The number of pyridine rings is 1. The Morgan fingerprint density at radius 1 is 0.905 bits per heavy atom. The van der Waals surface area contributed by atoms with Gasteiger partial charge in [-0.3, -0.25) is 4.79 Å². The number of hydrogen-bond donors (Lipinski definition) is 1. The molecule has 4 nitrogen and oxygen atoms in total. The number of aromatic nitrogens is 1. The second-order valence-electron chi connectivity index (χ2n) is 4.46. The van der Waals surface area contributed by atoms with Crippen LogP contribution in [-0.4, -0.2) is 13.4 Å². The number of benzene rings is 2. The summed E-state index contributed by atoms with van der Waals surface area (Å²) < 4.78 is 39.4. The van der Waals surface area contributed by atoms with Crippen LogP contribution in [0, 0.1) is 5.82 Å². The molecule has 21 heavy (non-hydrogen) atoms. The normalized spacial score (nSPS) is 11.7. The fourth-order valence-corrected chi connectivity index (χ4v) is 3.72. The van der Waals surface area contributed by atoms with Crippen LogP contribution < -0.4 is 5.56 Å². The molecule has 0 radical (unpaired) electrons. The molecule has 0 unspecified atom stereocenters. The third-order valence-corrected chi connectivity index (χ3v) is 4.97. The van der Waals surface area contributed by atoms with Crippen molar-refractivity contribution in [2.75, 3.05) is 0 Å². The van der Waals surface area contributed by atoms with Crippen molar-refractivity contribution in [3.63, 3.8) is 0 Å². The molecule has 6 heteroatoms. The number of rotatable bonds is 2. The van der Waals surface area contributed by atoms with Gasteiger partial charge in [-0.2, -0.15) is 4.39 Å². The Morgan fingerprint density at radius 2 is 1.52 bits per heavy atom. The highest BCUT2D eigenvalue weighted by Gasteiger charge is 2.26. The molecule has 2 aromatic carbocycles. The number of fused-ring (bicyclic) bond motifs is 1. The summed E-state index contributed by atoms with van der Waals surface area (Å²) in [7, 11) is -4.11. The summed E-state index contributed by atoms with van der Waals surface area (Å²) in [5.74, 6) is -1.29. The molecular weight excluding hydrogens is 293 g/mol. The van der Waals surface area contributed by atoms with Crippen LogP contribution in [0.2, 0.25) is 0 Å². The lowest BCUT2D eigenvalue weighted by Crippen LogP contribution is -2.17. The van der Waals surface area contributed by atoms with Gasteiger partial charge in [0, 0.05) is 10.9 Å². The molecule has 1 aromatic heterocycles. The summed E-state index contributed by atoms with van der Waals surface area (Å²) in [5, 5.41) is 0.151. The lowest BCUT2D eigenvalue weighted by atomic mass is 10.2. The Morgan fingerprint density at radius 3 is 2.24 bits per heavy atom. The van der Waals surface area contributed by atoms with E-state index in [1.54, 1.807) is 30.3 Å². The van der Waals surface area contributed by atoms with E-state index in [0.29, 0.717) is 0 Å². The van der Waals surface area contributed by atoms with Crippen LogP contribution in [0.5, 0.6) is 0 Å². The zero-order chi connectivity index (χ0) is 15.0.